The molecule has 0 heterocycles. The second kappa shape index (κ2) is 5.59. The molecule has 0 saturated carbocycles. The Morgan fingerprint density at radius 3 is 2.45 bits per heavy atom. The Kier molecular flexibility index (Phi) is 4.51. The molecule has 0 aromatic heterocycles. The van der Waals surface area contributed by atoms with E-state index < -0.39 is 29.6 Å². The van der Waals surface area contributed by atoms with E-state index in [0.29, 0.717) is 0 Å². The summed E-state index contributed by atoms with van der Waals surface area (Å²) in [5, 5.41) is 3.05. The van der Waals surface area contributed by atoms with Crippen molar-refractivity contribution in [3.8, 4) is 5.75 Å². The average molecular weight is 312 g/mol. The molecule has 0 unspecified atom stereocenters. The summed E-state index contributed by atoms with van der Waals surface area (Å²) in [4.78, 5) is 2.36. The van der Waals surface area contributed by atoms with Crippen LogP contribution in [0.25, 0.3) is 10.4 Å². The van der Waals surface area contributed by atoms with Crippen LogP contribution in [0.4, 0.5) is 22.5 Å². The highest BCUT2D eigenvalue weighted by Crippen LogP contribution is 2.32. The van der Waals surface area contributed by atoms with Crippen molar-refractivity contribution in [2.45, 2.75) is 13.2 Å². The van der Waals surface area contributed by atoms with Gasteiger partial charge in [-0.05, 0) is 24.1 Å². The van der Waals surface area contributed by atoms with E-state index in [1.807, 2.05) is 0 Å². The van der Waals surface area contributed by atoms with Crippen LogP contribution in [-0.4, -0.2) is 15.4 Å². The molecule has 0 aliphatic heterocycles. The molecule has 1 aromatic rings. The van der Waals surface area contributed by atoms with Gasteiger partial charge in [-0.3, -0.25) is 0 Å². The van der Waals surface area contributed by atoms with Crippen LogP contribution < -0.4 is 4.18 Å². The van der Waals surface area contributed by atoms with Gasteiger partial charge in [0.05, 0.1) is 0 Å². The van der Waals surface area contributed by atoms with Gasteiger partial charge in [-0.2, -0.15) is 8.42 Å². The Morgan fingerprint density at radius 2 is 2.00 bits per heavy atom. The van der Waals surface area contributed by atoms with Gasteiger partial charge in [0.1, 0.15) is 5.75 Å². The van der Waals surface area contributed by atoms with Gasteiger partial charge in [-0.1, -0.05) is 27.0 Å². The highest BCUT2D eigenvalue weighted by atomic mass is 32.3. The first-order chi connectivity index (χ1) is 9.02. The molecule has 0 spiro atoms. The third-order valence-electron chi connectivity index (χ3n) is 2.25. The summed E-state index contributed by atoms with van der Waals surface area (Å²) in [6.45, 7) is -4.08. The van der Waals surface area contributed by atoms with Gasteiger partial charge in [0.2, 0.25) is 0 Å². The fourth-order valence-corrected chi connectivity index (χ4v) is 1.88. The third-order valence-corrected chi connectivity index (χ3v) is 2.63. The van der Waals surface area contributed by atoms with Crippen molar-refractivity contribution in [2.75, 3.05) is 0 Å². The SMILES string of the molecule is Cc1c(C[B-](F)(F)F)cc(N=[N+]=[N-])cc1OS(=O)(=O)F. The molecule has 12 heteroatoms. The second-order valence-electron chi connectivity index (χ2n) is 3.81. The van der Waals surface area contributed by atoms with Crippen LogP contribution in [0.1, 0.15) is 11.1 Å². The first-order valence-electron chi connectivity index (χ1n) is 5.05. The lowest BCUT2D eigenvalue weighted by Crippen LogP contribution is -2.20. The molecular weight excluding hydrogens is 305 g/mol. The van der Waals surface area contributed by atoms with Gasteiger partial charge in [0.25, 0.3) is 0 Å². The molecular formula is C8H7BF4N3O3S-. The molecule has 6 nitrogen and oxygen atoms in total. The van der Waals surface area contributed by atoms with E-state index in [9.17, 15) is 25.3 Å². The molecule has 0 radical (unpaired) electrons. The molecule has 0 fully saturated rings. The van der Waals surface area contributed by atoms with Gasteiger partial charge < -0.3 is 17.1 Å². The number of hydrogen-bond donors (Lipinski definition) is 0. The molecule has 110 valence electrons. The van der Waals surface area contributed by atoms with E-state index in [1.165, 1.54) is 0 Å². The largest absolute Gasteiger partial charge is 0.488 e. The number of hydrogen-bond acceptors (Lipinski definition) is 4. The standard InChI is InChI=1S/C8H7BF4N3O3S/c1-5-6(4-9(10,11)12)2-7(15-16-14)3-8(5)19-20(13,17)18/h2-3H,4H2,1H3/q-1. The number of nitrogens with zero attached hydrogens (tertiary/aromatic N) is 3. The molecule has 0 amide bonds. The Balaban J connectivity index is 3.40. The Hall–Kier alpha value is -1.94. The summed E-state index contributed by atoms with van der Waals surface area (Å²) >= 11 is 0. The monoisotopic (exact) mass is 312 g/mol. The van der Waals surface area contributed by atoms with Gasteiger partial charge >= 0.3 is 17.5 Å². The smallest absolute Gasteiger partial charge is 0.449 e. The summed E-state index contributed by atoms with van der Waals surface area (Å²) in [7, 11) is -5.40. The average Bonchev–Trinajstić information content (AvgIpc) is 2.21. The minimum atomic E-state index is -5.40. The van der Waals surface area contributed by atoms with Crippen LogP contribution in [-0.2, 0) is 16.8 Å². The fraction of sp³-hybridized carbons (Fsp3) is 0.250. The molecule has 0 N–H and O–H groups in total. The maximum atomic E-state index is 12.5. The Bertz CT molecular complexity index is 670. The predicted octanol–water partition coefficient (Wildman–Crippen LogP) is 3.46. The predicted molar refractivity (Wildman–Crippen MR) is 63.4 cm³/mol. The van der Waals surface area contributed by atoms with Gasteiger partial charge in [0, 0.05) is 10.6 Å². The van der Waals surface area contributed by atoms with Crippen LogP contribution in [0.3, 0.4) is 0 Å². The zero-order valence-electron chi connectivity index (χ0n) is 9.93. The molecule has 20 heavy (non-hydrogen) atoms. The minimum Gasteiger partial charge on any atom is -0.449 e. The van der Waals surface area contributed by atoms with Crippen molar-refractivity contribution >= 4 is 23.2 Å². The van der Waals surface area contributed by atoms with E-state index >= 15 is 0 Å². The van der Waals surface area contributed by atoms with Gasteiger partial charge in [-0.15, -0.1) is 0 Å². The van der Waals surface area contributed by atoms with Gasteiger partial charge in [-0.25, -0.2) is 0 Å². The second-order valence-corrected chi connectivity index (χ2v) is 4.76. The lowest BCUT2D eigenvalue weighted by atomic mass is 9.80. The zero-order chi connectivity index (χ0) is 15.6. The van der Waals surface area contributed by atoms with Crippen LogP contribution in [0.15, 0.2) is 17.2 Å². The Morgan fingerprint density at radius 1 is 1.40 bits per heavy atom. The fourth-order valence-electron chi connectivity index (χ4n) is 1.49. The van der Waals surface area contributed by atoms with Crippen LogP contribution in [0.2, 0.25) is 0 Å². The molecule has 0 aliphatic rings. The summed E-state index contributed by atoms with van der Waals surface area (Å²) in [5.74, 6) is -0.660. The molecule has 0 atom stereocenters. The van der Waals surface area contributed by atoms with Gasteiger partial charge in [0.15, 0.2) is 0 Å². The molecule has 0 saturated heterocycles. The molecule has 1 rings (SSSR count). The number of azide groups is 1. The minimum absolute atomic E-state index is 0.206. The van der Waals surface area contributed by atoms with Crippen LogP contribution in [0.5, 0.6) is 5.75 Å². The molecule has 1 aromatic carbocycles. The quantitative estimate of drug-likeness (QED) is 0.208. The summed E-state index contributed by atoms with van der Waals surface area (Å²) in [6.07, 6.45) is -1.34. The van der Waals surface area contributed by atoms with Crippen molar-refractivity contribution in [1.82, 2.24) is 0 Å². The van der Waals surface area contributed by atoms with Crippen LogP contribution in [0, 0.1) is 6.92 Å². The number of benzene rings is 1. The van der Waals surface area contributed by atoms with E-state index in [4.69, 9.17) is 5.53 Å². The maximum absolute atomic E-state index is 12.5. The van der Waals surface area contributed by atoms with Crippen molar-refractivity contribution in [3.63, 3.8) is 0 Å². The summed E-state index contributed by atoms with van der Waals surface area (Å²) < 4.78 is 74.5. The van der Waals surface area contributed by atoms with Crippen molar-refractivity contribution < 1.29 is 29.4 Å². The normalized spacial score (nSPS) is 11.8. The third kappa shape index (κ3) is 4.98. The Labute approximate surface area is 111 Å². The van der Waals surface area contributed by atoms with Crippen LogP contribution >= 0.6 is 0 Å². The van der Waals surface area contributed by atoms with E-state index in [0.717, 1.165) is 19.1 Å². The van der Waals surface area contributed by atoms with Crippen molar-refractivity contribution in [3.05, 3.63) is 33.7 Å². The summed E-state index contributed by atoms with van der Waals surface area (Å²) in [5.41, 5.74) is 7.36. The van der Waals surface area contributed by atoms with Crippen molar-refractivity contribution in [2.24, 2.45) is 5.11 Å². The molecule has 0 bridgehead atoms. The highest BCUT2D eigenvalue weighted by molar-refractivity contribution is 7.81. The summed E-state index contributed by atoms with van der Waals surface area (Å²) in [6, 6.07) is 1.76. The van der Waals surface area contributed by atoms with Crippen molar-refractivity contribution in [1.29, 1.82) is 0 Å². The lowest BCUT2D eigenvalue weighted by Gasteiger charge is -2.17. The van der Waals surface area contributed by atoms with E-state index in [-0.39, 0.29) is 16.8 Å². The zero-order valence-corrected chi connectivity index (χ0v) is 10.7. The number of halogens is 4. The topological polar surface area (TPSA) is 92.1 Å². The lowest BCUT2D eigenvalue weighted by molar-refractivity contribution is 0.438. The number of rotatable bonds is 5. The van der Waals surface area contributed by atoms with E-state index in [2.05, 4.69) is 14.2 Å². The first-order valence-corrected chi connectivity index (χ1v) is 6.36. The first kappa shape index (κ1) is 16.1. The van der Waals surface area contributed by atoms with E-state index in [1.54, 1.807) is 0 Å². The molecule has 0 aliphatic carbocycles. The maximum Gasteiger partial charge on any atom is 0.488 e. The highest BCUT2D eigenvalue weighted by Gasteiger charge is 2.26.